The van der Waals surface area contributed by atoms with E-state index in [9.17, 15) is 14.4 Å². The van der Waals surface area contributed by atoms with Gasteiger partial charge in [-0.15, -0.1) is 0 Å². The molecule has 1 aromatic rings. The van der Waals surface area contributed by atoms with Crippen molar-refractivity contribution in [2.24, 2.45) is 0 Å². The predicted octanol–water partition coefficient (Wildman–Crippen LogP) is -1.25. The molecule has 0 amide bonds. The lowest BCUT2D eigenvalue weighted by Crippen LogP contribution is -2.28. The zero-order valence-electron chi connectivity index (χ0n) is 8.12. The van der Waals surface area contributed by atoms with Crippen LogP contribution in [0.3, 0.4) is 0 Å². The van der Waals surface area contributed by atoms with Crippen LogP contribution in [0.5, 0.6) is 0 Å². The highest BCUT2D eigenvalue weighted by molar-refractivity contribution is 5.73. The fraction of sp³-hybridized carbons (Fsp3) is 0.375. The number of aromatic nitrogens is 2. The van der Waals surface area contributed by atoms with Gasteiger partial charge in [0.25, 0.3) is 5.56 Å². The Labute approximate surface area is 84.3 Å². The Bertz CT molecular complexity index is 474. The number of anilines is 1. The van der Waals surface area contributed by atoms with Crippen molar-refractivity contribution in [3.63, 3.8) is 0 Å². The van der Waals surface area contributed by atoms with Crippen LogP contribution >= 0.6 is 0 Å². The van der Waals surface area contributed by atoms with E-state index in [4.69, 9.17) is 5.73 Å². The molecular weight excluding hydrogens is 202 g/mol. The van der Waals surface area contributed by atoms with Gasteiger partial charge in [-0.05, 0) is 6.92 Å². The Morgan fingerprint density at radius 1 is 1.40 bits per heavy atom. The molecule has 0 radical (unpaired) electrons. The molecule has 1 rings (SSSR count). The van der Waals surface area contributed by atoms with E-state index in [1.165, 1.54) is 0 Å². The molecule has 15 heavy (non-hydrogen) atoms. The van der Waals surface area contributed by atoms with Gasteiger partial charge in [-0.25, -0.2) is 4.79 Å². The van der Waals surface area contributed by atoms with Crippen LogP contribution in [-0.4, -0.2) is 22.5 Å². The summed E-state index contributed by atoms with van der Waals surface area (Å²) in [6, 6.07) is 0. The summed E-state index contributed by atoms with van der Waals surface area (Å²) in [5, 5.41) is 0. The zero-order chi connectivity index (χ0) is 11.4. The summed E-state index contributed by atoms with van der Waals surface area (Å²) in [5.74, 6) is -0.551. The van der Waals surface area contributed by atoms with E-state index in [-0.39, 0.29) is 24.4 Å². The minimum atomic E-state index is -0.710. The number of hydrogen-bond donors (Lipinski definition) is 3. The number of H-pyrrole nitrogens is 2. The summed E-state index contributed by atoms with van der Waals surface area (Å²) >= 11 is 0. The van der Waals surface area contributed by atoms with Gasteiger partial charge in [0.2, 0.25) is 0 Å². The van der Waals surface area contributed by atoms with Gasteiger partial charge in [0.1, 0.15) is 5.69 Å². The highest BCUT2D eigenvalue weighted by Gasteiger charge is 2.10. The highest BCUT2D eigenvalue weighted by atomic mass is 16.5. The van der Waals surface area contributed by atoms with Gasteiger partial charge >= 0.3 is 11.7 Å². The normalized spacial score (nSPS) is 9.93. The maximum absolute atomic E-state index is 11.1. The molecule has 0 bridgehead atoms. The number of nitrogen functional groups attached to an aromatic ring is 1. The van der Waals surface area contributed by atoms with Crippen molar-refractivity contribution in [3.8, 4) is 0 Å². The Kier molecular flexibility index (Phi) is 3.27. The first-order chi connectivity index (χ1) is 7.04. The number of nitrogens with two attached hydrogens (primary N) is 1. The number of hydrogen-bond acceptors (Lipinski definition) is 5. The van der Waals surface area contributed by atoms with Crippen LogP contribution in [0, 0.1) is 0 Å². The fourth-order valence-corrected chi connectivity index (χ4v) is 1.04. The lowest BCUT2D eigenvalue weighted by molar-refractivity contribution is -0.142. The molecule has 0 saturated heterocycles. The Hall–Kier alpha value is -2.05. The number of ether oxygens (including phenoxy) is 1. The molecule has 82 valence electrons. The molecule has 0 aliphatic carbocycles. The molecule has 7 nitrogen and oxygen atoms in total. The Morgan fingerprint density at radius 3 is 2.67 bits per heavy atom. The summed E-state index contributed by atoms with van der Waals surface area (Å²) in [6.07, 6.45) is -0.223. The third kappa shape index (κ3) is 2.70. The van der Waals surface area contributed by atoms with E-state index in [1.807, 2.05) is 4.98 Å². The van der Waals surface area contributed by atoms with Crippen molar-refractivity contribution in [2.45, 2.75) is 13.3 Å². The third-order valence-electron chi connectivity index (χ3n) is 1.69. The topological polar surface area (TPSA) is 118 Å². The van der Waals surface area contributed by atoms with Crippen LogP contribution in [0.2, 0.25) is 0 Å². The van der Waals surface area contributed by atoms with Crippen molar-refractivity contribution in [1.29, 1.82) is 0 Å². The second kappa shape index (κ2) is 4.45. The first-order valence-corrected chi connectivity index (χ1v) is 4.31. The van der Waals surface area contributed by atoms with Crippen LogP contribution in [0.4, 0.5) is 5.69 Å². The molecular formula is C8H11N3O4. The number of aromatic amines is 2. The lowest BCUT2D eigenvalue weighted by atomic mass is 10.2. The molecule has 0 aliphatic heterocycles. The number of carbonyl (C=O) groups excluding carboxylic acids is 1. The summed E-state index contributed by atoms with van der Waals surface area (Å²) < 4.78 is 4.65. The SMILES string of the molecule is CCOC(=O)Cc1[nH]c(=O)[nH]c(=O)c1N. The summed E-state index contributed by atoms with van der Waals surface area (Å²) in [5.41, 5.74) is 3.86. The molecule has 0 saturated carbocycles. The first-order valence-electron chi connectivity index (χ1n) is 4.31. The molecule has 1 heterocycles. The molecule has 0 spiro atoms. The van der Waals surface area contributed by atoms with Crippen molar-refractivity contribution >= 4 is 11.7 Å². The standard InChI is InChI=1S/C8H11N3O4/c1-2-15-5(12)3-4-6(9)7(13)11-8(14)10-4/h2-3,9H2,1H3,(H2,10,11,13,14). The van der Waals surface area contributed by atoms with Crippen molar-refractivity contribution in [3.05, 3.63) is 26.5 Å². The Balaban J connectivity index is 3.00. The van der Waals surface area contributed by atoms with Gasteiger partial charge in [0.05, 0.1) is 18.7 Å². The van der Waals surface area contributed by atoms with Crippen LogP contribution in [0.1, 0.15) is 12.6 Å². The maximum Gasteiger partial charge on any atom is 0.326 e. The van der Waals surface area contributed by atoms with Gasteiger partial charge in [-0.1, -0.05) is 0 Å². The lowest BCUT2D eigenvalue weighted by Gasteiger charge is -2.03. The monoisotopic (exact) mass is 213 g/mol. The summed E-state index contributed by atoms with van der Waals surface area (Å²) in [6.45, 7) is 1.88. The van der Waals surface area contributed by atoms with E-state index >= 15 is 0 Å². The average Bonchev–Trinajstić information content (AvgIpc) is 2.13. The first kappa shape index (κ1) is 11.0. The molecule has 0 unspecified atom stereocenters. The third-order valence-corrected chi connectivity index (χ3v) is 1.69. The molecule has 0 atom stereocenters. The maximum atomic E-state index is 11.1. The molecule has 0 fully saturated rings. The van der Waals surface area contributed by atoms with Gasteiger partial charge in [-0.2, -0.15) is 0 Å². The average molecular weight is 213 g/mol. The van der Waals surface area contributed by atoms with Gasteiger partial charge in [0, 0.05) is 0 Å². The van der Waals surface area contributed by atoms with Crippen molar-refractivity contribution in [2.75, 3.05) is 12.3 Å². The highest BCUT2D eigenvalue weighted by Crippen LogP contribution is 2.00. The number of nitrogens with one attached hydrogen (secondary N) is 2. The van der Waals surface area contributed by atoms with E-state index < -0.39 is 17.2 Å². The molecule has 1 aromatic heterocycles. The fourth-order valence-electron chi connectivity index (χ4n) is 1.04. The summed E-state index contributed by atoms with van der Waals surface area (Å²) in [4.78, 5) is 37.2. The van der Waals surface area contributed by atoms with Crippen LogP contribution in [0.25, 0.3) is 0 Å². The molecule has 0 aromatic carbocycles. The number of esters is 1. The zero-order valence-corrected chi connectivity index (χ0v) is 8.12. The quantitative estimate of drug-likeness (QED) is 0.542. The predicted molar refractivity (Wildman–Crippen MR) is 52.4 cm³/mol. The second-order valence-corrected chi connectivity index (χ2v) is 2.78. The molecule has 7 heteroatoms. The van der Waals surface area contributed by atoms with E-state index in [1.54, 1.807) is 6.92 Å². The molecule has 4 N–H and O–H groups in total. The molecule has 0 aliphatic rings. The smallest absolute Gasteiger partial charge is 0.326 e. The largest absolute Gasteiger partial charge is 0.466 e. The minimum absolute atomic E-state index is 0.0715. The van der Waals surface area contributed by atoms with Crippen molar-refractivity contribution in [1.82, 2.24) is 9.97 Å². The number of rotatable bonds is 3. The van der Waals surface area contributed by atoms with Crippen LogP contribution < -0.4 is 17.0 Å². The van der Waals surface area contributed by atoms with Gasteiger partial charge < -0.3 is 15.5 Å². The second-order valence-electron chi connectivity index (χ2n) is 2.78. The van der Waals surface area contributed by atoms with E-state index in [2.05, 4.69) is 9.72 Å². The van der Waals surface area contributed by atoms with Crippen molar-refractivity contribution < 1.29 is 9.53 Å². The number of carbonyl (C=O) groups is 1. The summed E-state index contributed by atoms with van der Waals surface area (Å²) in [7, 11) is 0. The minimum Gasteiger partial charge on any atom is -0.466 e. The Morgan fingerprint density at radius 2 is 2.07 bits per heavy atom. The van der Waals surface area contributed by atoms with Crippen LogP contribution in [-0.2, 0) is 16.0 Å². The van der Waals surface area contributed by atoms with Gasteiger partial charge in [0.15, 0.2) is 0 Å². The van der Waals surface area contributed by atoms with Gasteiger partial charge in [-0.3, -0.25) is 14.6 Å². The van der Waals surface area contributed by atoms with E-state index in [0.29, 0.717) is 0 Å². The van der Waals surface area contributed by atoms with E-state index in [0.717, 1.165) is 0 Å². The van der Waals surface area contributed by atoms with Crippen LogP contribution in [0.15, 0.2) is 9.59 Å².